The summed E-state index contributed by atoms with van der Waals surface area (Å²) in [4.78, 5) is 0. The van der Waals surface area contributed by atoms with E-state index in [2.05, 4.69) is 38.1 Å². The summed E-state index contributed by atoms with van der Waals surface area (Å²) in [6.07, 6.45) is 2.33. The number of hydrogen-bond acceptors (Lipinski definition) is 0. The third kappa shape index (κ3) is 2.18. The van der Waals surface area contributed by atoms with Gasteiger partial charge in [0, 0.05) is 5.41 Å². The summed E-state index contributed by atoms with van der Waals surface area (Å²) in [5.74, 6) is 0.407. The van der Waals surface area contributed by atoms with Crippen LogP contribution in [0.1, 0.15) is 49.3 Å². The monoisotopic (exact) mass is 254 g/mol. The molecule has 1 saturated carbocycles. The van der Waals surface area contributed by atoms with Gasteiger partial charge < -0.3 is 0 Å². The molecule has 0 heterocycles. The fourth-order valence-corrected chi connectivity index (χ4v) is 2.82. The van der Waals surface area contributed by atoms with E-state index < -0.39 is 0 Å². The zero-order chi connectivity index (χ0) is 13.5. The number of benzene rings is 2. The third-order valence-electron chi connectivity index (χ3n) is 4.28. The maximum absolute atomic E-state index is 13.0. The van der Waals surface area contributed by atoms with Crippen molar-refractivity contribution in [2.24, 2.45) is 0 Å². The van der Waals surface area contributed by atoms with Gasteiger partial charge in [-0.1, -0.05) is 50.2 Å². The molecule has 0 nitrogen and oxygen atoms in total. The van der Waals surface area contributed by atoms with Gasteiger partial charge in [-0.05, 0) is 47.6 Å². The van der Waals surface area contributed by atoms with E-state index in [9.17, 15) is 4.39 Å². The van der Waals surface area contributed by atoms with Gasteiger partial charge in [0.2, 0.25) is 0 Å². The number of halogens is 1. The predicted octanol–water partition coefficient (Wildman–Crippen LogP) is 5.03. The Morgan fingerprint density at radius 2 is 1.32 bits per heavy atom. The molecule has 0 atom stereocenters. The Balaban J connectivity index is 1.94. The summed E-state index contributed by atoms with van der Waals surface area (Å²) >= 11 is 0. The molecule has 0 amide bonds. The lowest BCUT2D eigenvalue weighted by atomic mass is 9.87. The van der Waals surface area contributed by atoms with E-state index in [1.54, 1.807) is 12.1 Å². The minimum Gasteiger partial charge on any atom is -0.207 e. The van der Waals surface area contributed by atoms with Crippen molar-refractivity contribution in [1.29, 1.82) is 0 Å². The Morgan fingerprint density at radius 3 is 1.74 bits per heavy atom. The number of hydrogen-bond donors (Lipinski definition) is 0. The molecule has 0 aromatic heterocycles. The van der Waals surface area contributed by atoms with Crippen LogP contribution in [0.2, 0.25) is 0 Å². The van der Waals surface area contributed by atoms with E-state index in [0.29, 0.717) is 5.92 Å². The minimum absolute atomic E-state index is 0.142. The van der Waals surface area contributed by atoms with Crippen molar-refractivity contribution < 1.29 is 4.39 Å². The van der Waals surface area contributed by atoms with E-state index in [0.717, 1.165) is 0 Å². The van der Waals surface area contributed by atoms with Crippen LogP contribution in [-0.4, -0.2) is 0 Å². The van der Waals surface area contributed by atoms with Crippen LogP contribution in [0.15, 0.2) is 48.5 Å². The highest BCUT2D eigenvalue weighted by Crippen LogP contribution is 2.53. The molecule has 0 saturated heterocycles. The molecular weight excluding hydrogens is 235 g/mol. The zero-order valence-electron chi connectivity index (χ0n) is 11.5. The van der Waals surface area contributed by atoms with E-state index >= 15 is 0 Å². The first-order valence-electron chi connectivity index (χ1n) is 6.98. The molecule has 98 valence electrons. The molecule has 0 radical (unpaired) electrons. The average Bonchev–Trinajstić information content (AvgIpc) is 3.21. The van der Waals surface area contributed by atoms with Crippen molar-refractivity contribution in [3.8, 4) is 0 Å². The summed E-state index contributed by atoms with van der Waals surface area (Å²) in [6.45, 7) is 4.42. The lowest BCUT2D eigenvalue weighted by Gasteiger charge is -2.17. The predicted molar refractivity (Wildman–Crippen MR) is 76.9 cm³/mol. The first kappa shape index (κ1) is 12.4. The summed E-state index contributed by atoms with van der Waals surface area (Å²) in [7, 11) is 0. The van der Waals surface area contributed by atoms with Gasteiger partial charge in [0.1, 0.15) is 5.82 Å². The van der Waals surface area contributed by atoms with E-state index in [1.807, 2.05) is 12.1 Å². The van der Waals surface area contributed by atoms with Crippen LogP contribution in [0.5, 0.6) is 0 Å². The molecule has 1 aliphatic carbocycles. The maximum Gasteiger partial charge on any atom is 0.123 e. The first-order valence-corrected chi connectivity index (χ1v) is 6.98. The van der Waals surface area contributed by atoms with Crippen LogP contribution in [0, 0.1) is 5.82 Å². The Morgan fingerprint density at radius 1 is 0.842 bits per heavy atom. The fraction of sp³-hybridized carbons (Fsp3) is 0.333. The quantitative estimate of drug-likeness (QED) is 0.720. The minimum atomic E-state index is -0.158. The third-order valence-corrected chi connectivity index (χ3v) is 4.28. The molecule has 0 aliphatic heterocycles. The zero-order valence-corrected chi connectivity index (χ0v) is 11.5. The summed E-state index contributed by atoms with van der Waals surface area (Å²) < 4.78 is 13.0. The van der Waals surface area contributed by atoms with Crippen molar-refractivity contribution >= 4 is 0 Å². The van der Waals surface area contributed by atoms with Gasteiger partial charge in [0.25, 0.3) is 0 Å². The van der Waals surface area contributed by atoms with Gasteiger partial charge >= 0.3 is 0 Å². The SMILES string of the molecule is CC(C)c1ccc(C2(c3ccc(F)cc3)CC2)cc1. The molecule has 0 N–H and O–H groups in total. The van der Waals surface area contributed by atoms with Gasteiger partial charge in [0.05, 0.1) is 0 Å². The van der Waals surface area contributed by atoms with Gasteiger partial charge in [-0.3, -0.25) is 0 Å². The van der Waals surface area contributed by atoms with Gasteiger partial charge in [0.15, 0.2) is 0 Å². The van der Waals surface area contributed by atoms with Gasteiger partial charge in [-0.2, -0.15) is 0 Å². The van der Waals surface area contributed by atoms with Crippen LogP contribution in [0.25, 0.3) is 0 Å². The lowest BCUT2D eigenvalue weighted by Crippen LogP contribution is -2.08. The summed E-state index contributed by atoms with van der Waals surface area (Å²) in [5.41, 5.74) is 4.12. The Bertz CT molecular complexity index is 560. The molecule has 3 rings (SSSR count). The molecular formula is C18H19F. The van der Waals surface area contributed by atoms with Crippen molar-refractivity contribution in [1.82, 2.24) is 0 Å². The smallest absolute Gasteiger partial charge is 0.123 e. The van der Waals surface area contributed by atoms with E-state index in [1.165, 1.54) is 29.5 Å². The van der Waals surface area contributed by atoms with Crippen molar-refractivity contribution in [2.45, 2.75) is 38.0 Å². The fourth-order valence-electron chi connectivity index (χ4n) is 2.82. The standard InChI is InChI=1S/C18H19F/c1-13(2)14-3-5-15(6-4-14)18(11-12-18)16-7-9-17(19)10-8-16/h3-10,13H,11-12H2,1-2H3. The topological polar surface area (TPSA) is 0 Å². The maximum atomic E-state index is 13.0. The normalized spacial score (nSPS) is 16.6. The second kappa shape index (κ2) is 4.48. The van der Waals surface area contributed by atoms with Crippen LogP contribution in [0.3, 0.4) is 0 Å². The highest BCUT2D eigenvalue weighted by Gasteiger charge is 2.45. The molecule has 1 heteroatoms. The number of rotatable bonds is 3. The molecule has 1 fully saturated rings. The Hall–Kier alpha value is -1.63. The van der Waals surface area contributed by atoms with Crippen LogP contribution < -0.4 is 0 Å². The van der Waals surface area contributed by atoms with Crippen molar-refractivity contribution in [2.75, 3.05) is 0 Å². The summed E-state index contributed by atoms with van der Waals surface area (Å²) in [6, 6.07) is 15.9. The molecule has 19 heavy (non-hydrogen) atoms. The molecule has 0 spiro atoms. The second-order valence-corrected chi connectivity index (χ2v) is 5.87. The first-order chi connectivity index (χ1) is 9.12. The van der Waals surface area contributed by atoms with E-state index in [4.69, 9.17) is 0 Å². The van der Waals surface area contributed by atoms with E-state index in [-0.39, 0.29) is 11.2 Å². The Kier molecular flexibility index (Phi) is 2.93. The highest BCUT2D eigenvalue weighted by atomic mass is 19.1. The molecule has 0 bridgehead atoms. The highest BCUT2D eigenvalue weighted by molar-refractivity contribution is 5.45. The Labute approximate surface area is 114 Å². The van der Waals surface area contributed by atoms with Crippen LogP contribution in [-0.2, 0) is 5.41 Å². The van der Waals surface area contributed by atoms with Crippen LogP contribution in [0.4, 0.5) is 4.39 Å². The molecule has 2 aromatic carbocycles. The van der Waals surface area contributed by atoms with Crippen molar-refractivity contribution in [3.63, 3.8) is 0 Å². The molecule has 1 aliphatic rings. The largest absolute Gasteiger partial charge is 0.207 e. The average molecular weight is 254 g/mol. The summed E-state index contributed by atoms with van der Waals surface area (Å²) in [5, 5.41) is 0. The van der Waals surface area contributed by atoms with Crippen LogP contribution >= 0.6 is 0 Å². The second-order valence-electron chi connectivity index (χ2n) is 5.87. The van der Waals surface area contributed by atoms with Gasteiger partial charge in [-0.25, -0.2) is 4.39 Å². The molecule has 0 unspecified atom stereocenters. The van der Waals surface area contributed by atoms with Crippen molar-refractivity contribution in [3.05, 3.63) is 71.0 Å². The lowest BCUT2D eigenvalue weighted by molar-refractivity contribution is 0.626. The van der Waals surface area contributed by atoms with Gasteiger partial charge in [-0.15, -0.1) is 0 Å². The molecule has 2 aromatic rings.